The number of guanidine groups is 1. The maximum Gasteiger partial charge on any atom is 0.191 e. The Morgan fingerprint density at radius 3 is 2.87 bits per heavy atom. The molecule has 1 aromatic rings. The maximum absolute atomic E-state index is 6.09. The third kappa shape index (κ3) is 7.14. The van der Waals surface area contributed by atoms with E-state index in [4.69, 9.17) is 21.1 Å². The van der Waals surface area contributed by atoms with Crippen molar-refractivity contribution in [3.05, 3.63) is 29.3 Å². The lowest BCUT2D eigenvalue weighted by atomic mass is 10.2. The molecule has 0 saturated carbocycles. The average Bonchev–Trinajstić information content (AvgIpc) is 3.03. The van der Waals surface area contributed by atoms with Crippen LogP contribution in [0, 0.1) is 0 Å². The number of nitrogens with zero attached hydrogens (tertiary/aromatic N) is 1. The molecule has 1 aliphatic rings. The summed E-state index contributed by atoms with van der Waals surface area (Å²) < 4.78 is 11.4. The molecule has 1 aliphatic heterocycles. The molecule has 130 valence electrons. The van der Waals surface area contributed by atoms with Crippen LogP contribution in [-0.2, 0) is 4.74 Å². The number of rotatable bonds is 6. The molecule has 1 aromatic carbocycles. The monoisotopic (exact) mass is 453 g/mol. The van der Waals surface area contributed by atoms with Gasteiger partial charge in [0.15, 0.2) is 5.96 Å². The van der Waals surface area contributed by atoms with Gasteiger partial charge in [-0.25, -0.2) is 0 Å². The fraction of sp³-hybridized carbons (Fsp3) is 0.562. The Morgan fingerprint density at radius 1 is 1.43 bits per heavy atom. The number of halogens is 2. The number of nitrogens with one attached hydrogen (secondary N) is 2. The standard InChI is InChI=1S/C16H24ClN3O2.HI/c1-12(22-15-8-4-3-7-14(15)17)10-19-16(18-2)20-11-13-6-5-9-21-13;/h3-4,7-8,12-13H,5-6,9-11H2,1-2H3,(H2,18,19,20);1H. The van der Waals surface area contributed by atoms with Crippen molar-refractivity contribution < 1.29 is 9.47 Å². The van der Waals surface area contributed by atoms with Gasteiger partial charge < -0.3 is 20.1 Å². The van der Waals surface area contributed by atoms with E-state index in [-0.39, 0.29) is 36.2 Å². The van der Waals surface area contributed by atoms with Crippen LogP contribution in [0.25, 0.3) is 0 Å². The quantitative estimate of drug-likeness (QED) is 0.395. The summed E-state index contributed by atoms with van der Waals surface area (Å²) in [7, 11) is 1.75. The molecule has 2 N–H and O–H groups in total. The van der Waals surface area contributed by atoms with Gasteiger partial charge in [-0.1, -0.05) is 23.7 Å². The van der Waals surface area contributed by atoms with Crippen LogP contribution < -0.4 is 15.4 Å². The molecule has 1 saturated heterocycles. The predicted molar refractivity (Wildman–Crippen MR) is 105 cm³/mol. The first-order valence-electron chi connectivity index (χ1n) is 7.66. The highest BCUT2D eigenvalue weighted by atomic mass is 127. The summed E-state index contributed by atoms with van der Waals surface area (Å²) in [6, 6.07) is 7.47. The average molecular weight is 454 g/mol. The van der Waals surface area contributed by atoms with Gasteiger partial charge in [-0.05, 0) is 31.9 Å². The Labute approximate surface area is 160 Å². The molecular weight excluding hydrogens is 429 g/mol. The summed E-state index contributed by atoms with van der Waals surface area (Å²) in [5, 5.41) is 7.14. The van der Waals surface area contributed by atoms with Crippen LogP contribution in [0.15, 0.2) is 29.3 Å². The molecule has 2 rings (SSSR count). The van der Waals surface area contributed by atoms with Gasteiger partial charge in [-0.3, -0.25) is 4.99 Å². The molecule has 7 heteroatoms. The first kappa shape index (κ1) is 20.3. The Kier molecular flexibility index (Phi) is 9.66. The molecule has 5 nitrogen and oxygen atoms in total. The first-order chi connectivity index (χ1) is 10.7. The maximum atomic E-state index is 6.09. The predicted octanol–water partition coefficient (Wildman–Crippen LogP) is 3.07. The lowest BCUT2D eigenvalue weighted by molar-refractivity contribution is 0.113. The molecule has 0 bridgehead atoms. The van der Waals surface area contributed by atoms with Crippen LogP contribution in [0.3, 0.4) is 0 Å². The first-order valence-corrected chi connectivity index (χ1v) is 8.04. The van der Waals surface area contributed by atoms with E-state index in [2.05, 4.69) is 15.6 Å². The van der Waals surface area contributed by atoms with Gasteiger partial charge >= 0.3 is 0 Å². The molecule has 0 aromatic heterocycles. The van der Waals surface area contributed by atoms with Crippen LogP contribution in [-0.4, -0.2) is 44.9 Å². The van der Waals surface area contributed by atoms with Gasteiger partial charge in [0.2, 0.25) is 0 Å². The Hall–Kier alpha value is -0.730. The van der Waals surface area contributed by atoms with Crippen LogP contribution in [0.2, 0.25) is 5.02 Å². The molecule has 0 radical (unpaired) electrons. The van der Waals surface area contributed by atoms with Crippen LogP contribution in [0.5, 0.6) is 5.75 Å². The number of aliphatic imine (C=N–C) groups is 1. The Balaban J connectivity index is 0.00000264. The minimum atomic E-state index is -0.0267. The number of hydrogen-bond acceptors (Lipinski definition) is 3. The van der Waals surface area contributed by atoms with E-state index in [1.54, 1.807) is 7.05 Å². The topological polar surface area (TPSA) is 54.9 Å². The summed E-state index contributed by atoms with van der Waals surface area (Å²) in [6.45, 7) is 4.26. The minimum absolute atomic E-state index is 0. The molecule has 1 fully saturated rings. The SMILES string of the molecule is CN=C(NCC(C)Oc1ccccc1Cl)NCC1CCCO1.I. The molecule has 1 heterocycles. The van der Waals surface area contributed by atoms with Crippen LogP contribution >= 0.6 is 35.6 Å². The zero-order chi connectivity index (χ0) is 15.8. The van der Waals surface area contributed by atoms with Gasteiger partial charge in [-0.15, -0.1) is 24.0 Å². The highest BCUT2D eigenvalue weighted by Crippen LogP contribution is 2.23. The molecule has 0 aliphatic carbocycles. The summed E-state index contributed by atoms with van der Waals surface area (Å²) in [6.07, 6.45) is 2.51. The van der Waals surface area contributed by atoms with Gasteiger partial charge in [0.1, 0.15) is 11.9 Å². The fourth-order valence-corrected chi connectivity index (χ4v) is 2.46. The van der Waals surface area contributed by atoms with Crippen molar-refractivity contribution in [1.29, 1.82) is 0 Å². The second-order valence-corrected chi connectivity index (χ2v) is 5.74. The highest BCUT2D eigenvalue weighted by Gasteiger charge is 2.15. The van der Waals surface area contributed by atoms with Crippen molar-refractivity contribution in [2.24, 2.45) is 4.99 Å². The lowest BCUT2D eigenvalue weighted by Crippen LogP contribution is -2.44. The van der Waals surface area contributed by atoms with Gasteiger partial charge in [-0.2, -0.15) is 0 Å². The zero-order valence-corrected chi connectivity index (χ0v) is 16.6. The summed E-state index contributed by atoms with van der Waals surface area (Å²) in [5.41, 5.74) is 0. The largest absolute Gasteiger partial charge is 0.487 e. The number of ether oxygens (including phenoxy) is 2. The van der Waals surface area contributed by atoms with Crippen LogP contribution in [0.4, 0.5) is 0 Å². The molecule has 0 amide bonds. The van der Waals surface area contributed by atoms with Crippen molar-refractivity contribution in [1.82, 2.24) is 10.6 Å². The van der Waals surface area contributed by atoms with Crippen molar-refractivity contribution in [2.45, 2.75) is 32.0 Å². The van der Waals surface area contributed by atoms with Gasteiger partial charge in [0.05, 0.1) is 17.7 Å². The lowest BCUT2D eigenvalue weighted by Gasteiger charge is -2.19. The smallest absolute Gasteiger partial charge is 0.191 e. The highest BCUT2D eigenvalue weighted by molar-refractivity contribution is 14.0. The summed E-state index contributed by atoms with van der Waals surface area (Å²) >= 11 is 6.09. The van der Waals surface area contributed by atoms with E-state index in [1.165, 1.54) is 0 Å². The second-order valence-electron chi connectivity index (χ2n) is 5.33. The Bertz CT molecular complexity index is 496. The minimum Gasteiger partial charge on any atom is -0.487 e. The van der Waals surface area contributed by atoms with E-state index in [0.29, 0.717) is 17.3 Å². The van der Waals surface area contributed by atoms with E-state index < -0.39 is 0 Å². The van der Waals surface area contributed by atoms with E-state index in [1.807, 2.05) is 31.2 Å². The summed E-state index contributed by atoms with van der Waals surface area (Å²) in [4.78, 5) is 4.20. The third-order valence-corrected chi connectivity index (χ3v) is 3.78. The van der Waals surface area contributed by atoms with Crippen molar-refractivity contribution in [3.63, 3.8) is 0 Å². The molecule has 23 heavy (non-hydrogen) atoms. The van der Waals surface area contributed by atoms with Crippen LogP contribution in [0.1, 0.15) is 19.8 Å². The second kappa shape index (κ2) is 10.9. The molecule has 2 atom stereocenters. The summed E-state index contributed by atoms with van der Waals surface area (Å²) in [5.74, 6) is 1.45. The van der Waals surface area contributed by atoms with E-state index in [9.17, 15) is 0 Å². The fourth-order valence-electron chi connectivity index (χ4n) is 2.28. The van der Waals surface area contributed by atoms with Gasteiger partial charge in [0.25, 0.3) is 0 Å². The van der Waals surface area contributed by atoms with Crippen molar-refractivity contribution >= 4 is 41.5 Å². The molecule has 0 spiro atoms. The van der Waals surface area contributed by atoms with E-state index >= 15 is 0 Å². The molecular formula is C16H25ClIN3O2. The normalized spacial score (nSPS) is 18.9. The Morgan fingerprint density at radius 2 is 2.22 bits per heavy atom. The number of hydrogen-bond donors (Lipinski definition) is 2. The van der Waals surface area contributed by atoms with E-state index in [0.717, 1.165) is 32.0 Å². The van der Waals surface area contributed by atoms with Crippen molar-refractivity contribution in [2.75, 3.05) is 26.7 Å². The third-order valence-electron chi connectivity index (χ3n) is 3.47. The zero-order valence-electron chi connectivity index (χ0n) is 13.5. The van der Waals surface area contributed by atoms with Crippen molar-refractivity contribution in [3.8, 4) is 5.75 Å². The molecule has 2 unspecified atom stereocenters. The number of benzene rings is 1. The van der Waals surface area contributed by atoms with Gasteiger partial charge in [0, 0.05) is 20.2 Å². The number of para-hydroxylation sites is 1.